The number of fused-ring (bicyclic) bond motifs is 17. The maximum atomic E-state index is 6.89. The Labute approximate surface area is 502 Å². The molecule has 0 saturated heterocycles. The zero-order chi connectivity index (χ0) is 56.9. The Kier molecular flexibility index (Phi) is 10.1. The van der Waals surface area contributed by atoms with Crippen LogP contribution in [0.1, 0.15) is 22.3 Å². The Morgan fingerprint density at radius 1 is 0.218 bits per heavy atom. The third-order valence-electron chi connectivity index (χ3n) is 19.0. The van der Waals surface area contributed by atoms with E-state index in [2.05, 4.69) is 312 Å². The van der Waals surface area contributed by atoms with Crippen molar-refractivity contribution >= 4 is 54.4 Å². The van der Waals surface area contributed by atoms with Crippen molar-refractivity contribution in [1.82, 2.24) is 9.13 Å². The summed E-state index contributed by atoms with van der Waals surface area (Å²) < 4.78 is 18.6. The lowest BCUT2D eigenvalue weighted by Gasteiger charge is -2.39. The van der Waals surface area contributed by atoms with Crippen LogP contribution in [0.3, 0.4) is 0 Å². The second kappa shape index (κ2) is 18.3. The van der Waals surface area contributed by atoms with E-state index >= 15 is 0 Å². The summed E-state index contributed by atoms with van der Waals surface area (Å²) in [6.07, 6.45) is 0. The lowest BCUT2D eigenvalue weighted by molar-refractivity contribution is 0.436. The fourth-order valence-corrected chi connectivity index (χ4v) is 15.4. The molecule has 14 aromatic carbocycles. The Bertz CT molecular complexity index is 5560. The minimum absolute atomic E-state index is 0.570. The molecular weight excluding hydrogens is 1060 g/mol. The third-order valence-corrected chi connectivity index (χ3v) is 19.0. The molecule has 0 saturated carbocycles. The number of hydrogen-bond donors (Lipinski definition) is 0. The van der Waals surface area contributed by atoms with Crippen molar-refractivity contribution < 1.29 is 9.47 Å². The summed E-state index contributed by atoms with van der Waals surface area (Å²) in [7, 11) is 0. The molecule has 4 heterocycles. The highest BCUT2D eigenvalue weighted by molar-refractivity contribution is 6.19. The predicted octanol–water partition coefficient (Wildman–Crippen LogP) is 21.9. The van der Waals surface area contributed by atoms with E-state index < -0.39 is 5.41 Å². The third kappa shape index (κ3) is 6.72. The summed E-state index contributed by atoms with van der Waals surface area (Å²) in [5.41, 5.74) is 25.2. The molecule has 1 aliphatic carbocycles. The smallest absolute Gasteiger partial charge is 0.135 e. The van der Waals surface area contributed by atoms with Crippen LogP contribution in [0.2, 0.25) is 0 Å². The van der Waals surface area contributed by atoms with Gasteiger partial charge >= 0.3 is 0 Å². The standard InChI is InChI=1S/C83H50N2O2/c1-2-20-51(21-3-1)52-41-45-77-66(48-52)63-30-18-29-62-57(43-47-80(86-77)82(62)63)60-25-7-14-35-72(60)85-74-37-16-9-27-64(74)81-56(28-19-38-76(81)85)53-40-44-75-65(49-53)61-26-8-15-36-73(61)84(75)71-34-13-6-22-55(71)54-42-46-79-70(50-54)83(69-33-12-17-39-78(69)87-79)67-31-10-4-23-58(67)59-24-5-11-32-68(59)83/h1-50H. The minimum atomic E-state index is -0.570. The Balaban J connectivity index is 0.755. The first-order valence-corrected chi connectivity index (χ1v) is 30.0. The van der Waals surface area contributed by atoms with Crippen LogP contribution in [0, 0.1) is 0 Å². The number of ether oxygens (including phenoxy) is 2. The monoisotopic (exact) mass is 1110 g/mol. The van der Waals surface area contributed by atoms with Crippen molar-refractivity contribution in [3.05, 3.63) is 326 Å². The largest absolute Gasteiger partial charge is 0.457 e. The topological polar surface area (TPSA) is 28.3 Å². The molecule has 3 aliphatic rings. The number of benzene rings is 14. The molecule has 2 aliphatic heterocycles. The molecule has 0 bridgehead atoms. The van der Waals surface area contributed by atoms with Gasteiger partial charge in [-0.2, -0.15) is 0 Å². The zero-order valence-electron chi connectivity index (χ0n) is 47.1. The van der Waals surface area contributed by atoms with Gasteiger partial charge in [0.2, 0.25) is 0 Å². The number of rotatable bonds is 6. The summed E-state index contributed by atoms with van der Waals surface area (Å²) in [4.78, 5) is 0. The molecule has 0 amide bonds. The van der Waals surface area contributed by atoms with Crippen molar-refractivity contribution in [2.45, 2.75) is 5.41 Å². The van der Waals surface area contributed by atoms with Crippen LogP contribution in [0.15, 0.2) is 303 Å². The molecule has 87 heavy (non-hydrogen) atoms. The van der Waals surface area contributed by atoms with E-state index in [1.54, 1.807) is 0 Å². The van der Waals surface area contributed by atoms with E-state index in [0.29, 0.717) is 0 Å². The van der Waals surface area contributed by atoms with E-state index in [1.807, 2.05) is 0 Å². The van der Waals surface area contributed by atoms with Crippen molar-refractivity contribution in [2.75, 3.05) is 0 Å². The van der Waals surface area contributed by atoms with Crippen molar-refractivity contribution in [1.29, 1.82) is 0 Å². The molecule has 4 nitrogen and oxygen atoms in total. The number of aromatic nitrogens is 2. The number of nitrogens with zero attached hydrogens (tertiary/aromatic N) is 2. The second-order valence-corrected chi connectivity index (χ2v) is 23.3. The van der Waals surface area contributed by atoms with E-state index in [9.17, 15) is 0 Å². The fourth-order valence-electron chi connectivity index (χ4n) is 15.4. The molecule has 16 aromatic rings. The van der Waals surface area contributed by atoms with E-state index in [1.165, 1.54) is 66.1 Å². The van der Waals surface area contributed by atoms with Crippen LogP contribution < -0.4 is 9.47 Å². The van der Waals surface area contributed by atoms with Gasteiger partial charge in [-0.05, 0) is 152 Å². The van der Waals surface area contributed by atoms with Gasteiger partial charge < -0.3 is 18.6 Å². The Morgan fingerprint density at radius 2 is 0.736 bits per heavy atom. The van der Waals surface area contributed by atoms with Crippen molar-refractivity contribution in [3.63, 3.8) is 0 Å². The zero-order valence-corrected chi connectivity index (χ0v) is 47.1. The molecule has 0 radical (unpaired) electrons. The van der Waals surface area contributed by atoms with Crippen LogP contribution in [-0.2, 0) is 5.41 Å². The maximum absolute atomic E-state index is 6.89. The minimum Gasteiger partial charge on any atom is -0.457 e. The first-order valence-electron chi connectivity index (χ1n) is 30.0. The molecule has 1 spiro atoms. The molecule has 2 aromatic heterocycles. The molecular formula is C83H50N2O2. The van der Waals surface area contributed by atoms with Gasteiger partial charge in [0.1, 0.15) is 23.0 Å². The molecule has 404 valence electrons. The van der Waals surface area contributed by atoms with Gasteiger partial charge in [-0.1, -0.05) is 218 Å². The summed E-state index contributed by atoms with van der Waals surface area (Å²) in [6.45, 7) is 0. The van der Waals surface area contributed by atoms with E-state index in [-0.39, 0.29) is 0 Å². The van der Waals surface area contributed by atoms with E-state index in [0.717, 1.165) is 112 Å². The molecule has 0 unspecified atom stereocenters. The number of hydrogen-bond acceptors (Lipinski definition) is 2. The van der Waals surface area contributed by atoms with Gasteiger partial charge in [0.05, 0.1) is 38.9 Å². The quantitative estimate of drug-likeness (QED) is 0.166. The van der Waals surface area contributed by atoms with Crippen LogP contribution in [0.4, 0.5) is 0 Å². The van der Waals surface area contributed by atoms with Crippen molar-refractivity contribution in [3.8, 4) is 101 Å². The highest BCUT2D eigenvalue weighted by Crippen LogP contribution is 2.63. The maximum Gasteiger partial charge on any atom is 0.135 e. The van der Waals surface area contributed by atoms with Gasteiger partial charge in [-0.3, -0.25) is 0 Å². The lowest BCUT2D eigenvalue weighted by atomic mass is 9.66. The Hall–Kier alpha value is -11.5. The normalized spacial score (nSPS) is 13.1. The van der Waals surface area contributed by atoms with Crippen LogP contribution in [0.25, 0.3) is 133 Å². The molecule has 0 fully saturated rings. The summed E-state index contributed by atoms with van der Waals surface area (Å²) in [5.74, 6) is 3.52. The van der Waals surface area contributed by atoms with Gasteiger partial charge in [0.25, 0.3) is 0 Å². The summed E-state index contributed by atoms with van der Waals surface area (Å²) >= 11 is 0. The van der Waals surface area contributed by atoms with Gasteiger partial charge in [-0.25, -0.2) is 0 Å². The second-order valence-electron chi connectivity index (χ2n) is 23.3. The van der Waals surface area contributed by atoms with E-state index in [4.69, 9.17) is 9.47 Å². The SMILES string of the molecule is c1ccc(-c2ccc3c(c2)-c2cccc4c(-c5ccccc5-n5c6ccccc6c6c(-c7ccc8c(c7)c7ccccc7n8-c7ccccc7-c7ccc8c(c7)C7(c9ccccc9O8)c8ccccc8-c8ccccc87)cccc65)ccc(c24)O3)cc1. The lowest BCUT2D eigenvalue weighted by Crippen LogP contribution is -2.32. The van der Waals surface area contributed by atoms with Gasteiger partial charge in [-0.15, -0.1) is 0 Å². The van der Waals surface area contributed by atoms with Crippen molar-refractivity contribution in [2.24, 2.45) is 0 Å². The van der Waals surface area contributed by atoms with Gasteiger partial charge in [0.15, 0.2) is 0 Å². The average Bonchev–Trinajstić information content (AvgIpc) is 1.63. The molecule has 0 atom stereocenters. The predicted molar refractivity (Wildman–Crippen MR) is 357 cm³/mol. The average molecular weight is 1110 g/mol. The number of para-hydroxylation sites is 5. The van der Waals surface area contributed by atoms with Gasteiger partial charge in [0, 0.05) is 54.7 Å². The fraction of sp³-hybridized carbons (Fsp3) is 0.0120. The first-order chi connectivity index (χ1) is 43.2. The molecule has 4 heteroatoms. The first kappa shape index (κ1) is 48.0. The van der Waals surface area contributed by atoms with Crippen LogP contribution >= 0.6 is 0 Å². The van der Waals surface area contributed by atoms with Crippen LogP contribution in [-0.4, -0.2) is 9.13 Å². The Morgan fingerprint density at radius 3 is 1.55 bits per heavy atom. The highest BCUT2D eigenvalue weighted by Gasteiger charge is 2.51. The highest BCUT2D eigenvalue weighted by atomic mass is 16.5. The molecule has 19 rings (SSSR count). The summed E-state index contributed by atoms with van der Waals surface area (Å²) in [6, 6.07) is 111. The summed E-state index contributed by atoms with van der Waals surface area (Å²) in [5, 5.41) is 7.11. The van der Waals surface area contributed by atoms with Crippen LogP contribution in [0.5, 0.6) is 23.0 Å². The molecule has 0 N–H and O–H groups in total.